The number of aromatic nitrogens is 1. The maximum atomic E-state index is 5.59. The number of fused-ring (bicyclic) bond motifs is 10. The number of nitrogens with one attached hydrogen (secondary N) is 1. The molecule has 202 valence electrons. The Morgan fingerprint density at radius 3 is 2.07 bits per heavy atom. The fourth-order valence-electron chi connectivity index (χ4n) is 6.90. The van der Waals surface area contributed by atoms with Crippen LogP contribution >= 0.6 is 22.7 Å². The summed E-state index contributed by atoms with van der Waals surface area (Å²) in [5.74, 6) is 0.862. The second kappa shape index (κ2) is 8.77. The monoisotopic (exact) mass is 585 g/mol. The molecular formula is C38H23N3S2. The Labute approximate surface area is 255 Å². The van der Waals surface area contributed by atoms with Crippen LogP contribution in [-0.2, 0) is 0 Å². The van der Waals surface area contributed by atoms with E-state index in [1.54, 1.807) is 0 Å². The first-order valence-electron chi connectivity index (χ1n) is 14.5. The summed E-state index contributed by atoms with van der Waals surface area (Å²) < 4.78 is 6.24. The van der Waals surface area contributed by atoms with Crippen LogP contribution in [0.4, 0.5) is 5.00 Å². The largest absolute Gasteiger partial charge is 0.317 e. The van der Waals surface area contributed by atoms with Crippen molar-refractivity contribution in [1.82, 2.24) is 4.57 Å². The topological polar surface area (TPSA) is 29.3 Å². The molecule has 5 heteroatoms. The number of thiophene rings is 2. The quantitative estimate of drug-likeness (QED) is 0.204. The van der Waals surface area contributed by atoms with Crippen LogP contribution in [0.1, 0.15) is 17.2 Å². The van der Waals surface area contributed by atoms with E-state index in [1.165, 1.54) is 62.9 Å². The van der Waals surface area contributed by atoms with E-state index >= 15 is 0 Å². The predicted molar refractivity (Wildman–Crippen MR) is 186 cm³/mol. The molecule has 3 nitrogen and oxygen atoms in total. The molecule has 4 heterocycles. The minimum absolute atomic E-state index is 0.137. The zero-order valence-electron chi connectivity index (χ0n) is 22.9. The van der Waals surface area contributed by atoms with Crippen molar-refractivity contribution < 1.29 is 0 Å². The lowest BCUT2D eigenvalue weighted by molar-refractivity contribution is 0.866. The van der Waals surface area contributed by atoms with Crippen molar-refractivity contribution in [3.63, 3.8) is 0 Å². The molecule has 1 aliphatic rings. The van der Waals surface area contributed by atoms with E-state index in [-0.39, 0.29) is 6.04 Å². The first kappa shape index (κ1) is 23.6. The molecule has 0 bridgehead atoms. The van der Waals surface area contributed by atoms with Crippen molar-refractivity contribution in [2.24, 2.45) is 4.99 Å². The van der Waals surface area contributed by atoms with Gasteiger partial charge < -0.3 is 5.32 Å². The molecule has 43 heavy (non-hydrogen) atoms. The van der Waals surface area contributed by atoms with Gasteiger partial charge in [0.15, 0.2) is 0 Å². The summed E-state index contributed by atoms with van der Waals surface area (Å²) >= 11 is 3.68. The van der Waals surface area contributed by atoms with Crippen molar-refractivity contribution in [2.75, 3.05) is 5.32 Å². The van der Waals surface area contributed by atoms with Crippen LogP contribution in [0.2, 0.25) is 0 Å². The van der Waals surface area contributed by atoms with E-state index in [4.69, 9.17) is 4.99 Å². The van der Waals surface area contributed by atoms with Crippen molar-refractivity contribution >= 4 is 96.5 Å². The third-order valence-electron chi connectivity index (χ3n) is 8.85. The van der Waals surface area contributed by atoms with Crippen LogP contribution in [0.25, 0.3) is 62.8 Å². The highest BCUT2D eigenvalue weighted by Crippen LogP contribution is 2.47. The fraction of sp³-hybridized carbons (Fsp3) is 0.0263. The average Bonchev–Trinajstić information content (AvgIpc) is 3.72. The Morgan fingerprint density at radius 1 is 0.535 bits per heavy atom. The van der Waals surface area contributed by atoms with Crippen molar-refractivity contribution in [2.45, 2.75) is 6.04 Å². The Balaban J connectivity index is 1.27. The molecule has 1 atom stereocenters. The second-order valence-corrected chi connectivity index (χ2v) is 13.4. The van der Waals surface area contributed by atoms with E-state index in [2.05, 4.69) is 137 Å². The normalized spacial score (nSPS) is 15.1. The maximum absolute atomic E-state index is 5.59. The number of rotatable bonds is 1. The molecule has 1 unspecified atom stereocenters. The maximum Gasteiger partial charge on any atom is 0.209 e. The summed E-state index contributed by atoms with van der Waals surface area (Å²) in [4.78, 5) is 5.59. The van der Waals surface area contributed by atoms with Crippen LogP contribution in [0.3, 0.4) is 0 Å². The number of hydrogen-bond donors (Lipinski definition) is 1. The first-order chi connectivity index (χ1) is 21.3. The van der Waals surface area contributed by atoms with Gasteiger partial charge in [0.25, 0.3) is 0 Å². The summed E-state index contributed by atoms with van der Waals surface area (Å²) in [6.07, 6.45) is 0. The highest BCUT2D eigenvalue weighted by atomic mass is 32.1. The van der Waals surface area contributed by atoms with Crippen LogP contribution in [0, 0.1) is 0 Å². The van der Waals surface area contributed by atoms with Gasteiger partial charge >= 0.3 is 0 Å². The third-order valence-corrected chi connectivity index (χ3v) is 11.1. The molecule has 0 aliphatic carbocycles. The van der Waals surface area contributed by atoms with E-state index in [9.17, 15) is 0 Å². The van der Waals surface area contributed by atoms with Gasteiger partial charge in [-0.15, -0.1) is 22.7 Å². The fourth-order valence-corrected chi connectivity index (χ4v) is 9.12. The van der Waals surface area contributed by atoms with Gasteiger partial charge in [-0.25, -0.2) is 4.99 Å². The Hall–Kier alpha value is -4.97. The lowest BCUT2D eigenvalue weighted by Crippen LogP contribution is -2.26. The molecular weight excluding hydrogens is 563 g/mol. The Morgan fingerprint density at radius 2 is 1.21 bits per heavy atom. The summed E-state index contributed by atoms with van der Waals surface area (Å²) in [7, 11) is 0. The Kier molecular flexibility index (Phi) is 4.81. The van der Waals surface area contributed by atoms with Crippen molar-refractivity contribution in [3.8, 4) is 0 Å². The molecule has 0 amide bonds. The lowest BCUT2D eigenvalue weighted by Gasteiger charge is -2.25. The van der Waals surface area contributed by atoms with Crippen LogP contribution in [-0.4, -0.2) is 10.5 Å². The number of anilines is 1. The molecule has 0 saturated carbocycles. The van der Waals surface area contributed by atoms with Gasteiger partial charge in [-0.3, -0.25) is 4.57 Å². The van der Waals surface area contributed by atoms with E-state index < -0.39 is 0 Å². The average molecular weight is 586 g/mol. The van der Waals surface area contributed by atoms with Crippen molar-refractivity contribution in [1.29, 1.82) is 0 Å². The summed E-state index contributed by atoms with van der Waals surface area (Å²) in [5, 5.41) is 13.8. The zero-order chi connectivity index (χ0) is 28.1. The van der Waals surface area contributed by atoms with E-state index in [0.717, 1.165) is 22.0 Å². The number of aliphatic imine (C=N–C) groups is 1. The van der Waals surface area contributed by atoms with Gasteiger partial charge in [0.2, 0.25) is 5.96 Å². The van der Waals surface area contributed by atoms with Gasteiger partial charge in [-0.1, -0.05) is 84.9 Å². The minimum atomic E-state index is -0.137. The van der Waals surface area contributed by atoms with Crippen LogP contribution < -0.4 is 5.32 Å². The Bertz CT molecular complexity index is 2620. The number of para-hydroxylation sites is 1. The van der Waals surface area contributed by atoms with Crippen LogP contribution in [0.5, 0.6) is 0 Å². The van der Waals surface area contributed by atoms with Crippen LogP contribution in [0.15, 0.2) is 132 Å². The molecule has 1 N–H and O–H groups in total. The lowest BCUT2D eigenvalue weighted by atomic mass is 9.95. The molecule has 0 fully saturated rings. The molecule has 1 aliphatic heterocycles. The van der Waals surface area contributed by atoms with Gasteiger partial charge in [0.1, 0.15) is 11.0 Å². The molecule has 0 saturated heterocycles. The zero-order valence-corrected chi connectivity index (χ0v) is 24.5. The molecule has 0 radical (unpaired) electrons. The molecule has 10 rings (SSSR count). The highest BCUT2D eigenvalue weighted by molar-refractivity contribution is 7.25. The summed E-state index contributed by atoms with van der Waals surface area (Å²) in [6.45, 7) is 0. The number of hydrogen-bond acceptors (Lipinski definition) is 4. The molecule has 6 aromatic carbocycles. The number of nitrogens with zero attached hydrogens (tertiary/aromatic N) is 2. The van der Waals surface area contributed by atoms with Gasteiger partial charge in [-0.05, 0) is 58.8 Å². The summed E-state index contributed by atoms with van der Waals surface area (Å²) in [5.41, 5.74) is 4.79. The van der Waals surface area contributed by atoms with E-state index in [0.29, 0.717) is 0 Å². The SMILES string of the molecule is c1ccc2cc3c(cc2c1)c1ccccc1n3C1=NC(c2ccc3sc4ccccc4c3c2)c2c(sc3ccccc23)N1. The van der Waals surface area contributed by atoms with Gasteiger partial charge in [-0.2, -0.15) is 0 Å². The van der Waals surface area contributed by atoms with Gasteiger partial charge in [0.05, 0.1) is 11.0 Å². The first-order valence-corrected chi connectivity index (χ1v) is 16.1. The van der Waals surface area contributed by atoms with E-state index in [1.807, 2.05) is 22.7 Å². The molecule has 9 aromatic rings. The standard InChI is InChI=1S/C38H23N3S2/c1-2-10-23-21-31-28(19-22(23)9-1)25-11-3-6-14-30(25)41(31)38-39-36(35-27-13-5-8-16-33(27)43-37(35)40-38)24-17-18-34-29(20-24)26-12-4-7-15-32(26)42-34/h1-21,36H,(H,39,40). The highest BCUT2D eigenvalue weighted by Gasteiger charge is 2.30. The minimum Gasteiger partial charge on any atom is -0.317 e. The molecule has 0 spiro atoms. The second-order valence-electron chi connectivity index (χ2n) is 11.2. The predicted octanol–water partition coefficient (Wildman–Crippen LogP) is 10.9. The summed E-state index contributed by atoms with van der Waals surface area (Å²) in [6, 6.07) is 46.2. The number of benzene rings is 6. The third kappa shape index (κ3) is 3.38. The van der Waals surface area contributed by atoms with Gasteiger partial charge in [0, 0.05) is 46.6 Å². The smallest absolute Gasteiger partial charge is 0.209 e. The molecule has 3 aromatic heterocycles. The van der Waals surface area contributed by atoms with Crippen molar-refractivity contribution in [3.05, 3.63) is 139 Å².